The van der Waals surface area contributed by atoms with E-state index in [0.717, 1.165) is 0 Å². The molecular weight excluding hydrogens is 364 g/mol. The fourth-order valence-electron chi connectivity index (χ4n) is 2.62. The Morgan fingerprint density at radius 3 is 2.30 bits per heavy atom. The second kappa shape index (κ2) is 9.15. The lowest BCUT2D eigenvalue weighted by molar-refractivity contribution is -0.158. The van der Waals surface area contributed by atoms with Crippen LogP contribution in [0.25, 0.3) is 0 Å². The van der Waals surface area contributed by atoms with Crippen molar-refractivity contribution in [3.05, 3.63) is 24.3 Å². The average molecular weight is 385 g/mol. The molecule has 2 rings (SSSR count). The first-order valence-corrected chi connectivity index (χ1v) is 8.37. The molecule has 3 N–H and O–H groups in total. The average Bonchev–Trinajstić information content (AvgIpc) is 2.62. The minimum atomic E-state index is -2.93. The van der Waals surface area contributed by atoms with Crippen LogP contribution in [0.4, 0.5) is 19.3 Å². The second-order valence-electron chi connectivity index (χ2n) is 6.07. The number of nitrogens with two attached hydrogens (primary N) is 1. The van der Waals surface area contributed by atoms with Gasteiger partial charge < -0.3 is 25.4 Å². The predicted octanol–water partition coefficient (Wildman–Crippen LogP) is 1.95. The van der Waals surface area contributed by atoms with E-state index in [1.54, 1.807) is 0 Å². The number of hydrogen-bond donors (Lipinski definition) is 2. The first-order valence-electron chi connectivity index (χ1n) is 8.37. The van der Waals surface area contributed by atoms with Crippen LogP contribution in [0.1, 0.15) is 19.8 Å². The number of primary amides is 1. The molecule has 0 spiro atoms. The van der Waals surface area contributed by atoms with Crippen LogP contribution >= 0.6 is 0 Å². The van der Waals surface area contributed by atoms with E-state index in [0.29, 0.717) is 31.6 Å². The molecule has 1 aromatic rings. The van der Waals surface area contributed by atoms with Gasteiger partial charge in [-0.3, -0.25) is 9.59 Å². The number of esters is 1. The Labute approximate surface area is 154 Å². The van der Waals surface area contributed by atoms with Crippen molar-refractivity contribution in [2.75, 3.05) is 18.4 Å². The van der Waals surface area contributed by atoms with E-state index in [-0.39, 0.29) is 5.75 Å². The van der Waals surface area contributed by atoms with Gasteiger partial charge in [-0.1, -0.05) is 0 Å². The molecule has 0 saturated carbocycles. The number of anilines is 1. The summed E-state index contributed by atoms with van der Waals surface area (Å²) in [5.41, 5.74) is 5.53. The van der Waals surface area contributed by atoms with Gasteiger partial charge in [0.2, 0.25) is 0 Å². The molecule has 0 unspecified atom stereocenters. The number of nitrogens with zero attached hydrogens (tertiary/aromatic N) is 1. The Bertz CT molecular complexity index is 676. The molecule has 1 saturated heterocycles. The number of piperidine rings is 1. The van der Waals surface area contributed by atoms with Crippen molar-refractivity contribution in [1.82, 2.24) is 4.90 Å². The highest BCUT2D eigenvalue weighted by Crippen LogP contribution is 2.20. The molecule has 1 fully saturated rings. The van der Waals surface area contributed by atoms with E-state index in [2.05, 4.69) is 10.1 Å². The molecule has 0 bridgehead atoms. The number of hydrogen-bond acceptors (Lipinski definition) is 5. The Kier molecular flexibility index (Phi) is 6.91. The highest BCUT2D eigenvalue weighted by molar-refractivity contribution is 5.95. The van der Waals surface area contributed by atoms with E-state index in [4.69, 9.17) is 10.5 Å². The molecule has 10 heteroatoms. The van der Waals surface area contributed by atoms with Gasteiger partial charge in [0, 0.05) is 18.8 Å². The Hall–Kier alpha value is -2.91. The third kappa shape index (κ3) is 6.08. The van der Waals surface area contributed by atoms with Crippen molar-refractivity contribution < 1.29 is 32.6 Å². The standard InChI is InChI=1S/C17H21F2N3O5/c1-10(26-15(24)11-6-8-22(9-7-11)17(20)25)14(23)21-12-2-4-13(5-3-12)27-16(18)19/h2-5,10-11,16H,6-9H2,1H3,(H2,20,25)(H,21,23)/t10-/m1/s1. The molecular formula is C17H21F2N3O5. The summed E-state index contributed by atoms with van der Waals surface area (Å²) < 4.78 is 33.6. The van der Waals surface area contributed by atoms with Gasteiger partial charge in [0.25, 0.3) is 5.91 Å². The van der Waals surface area contributed by atoms with Gasteiger partial charge in [-0.25, -0.2) is 4.79 Å². The van der Waals surface area contributed by atoms with Gasteiger partial charge in [0.15, 0.2) is 6.10 Å². The maximum absolute atomic E-state index is 12.2. The molecule has 0 radical (unpaired) electrons. The number of carbonyl (C=O) groups excluding carboxylic acids is 3. The molecule has 1 atom stereocenters. The van der Waals surface area contributed by atoms with Crippen molar-refractivity contribution in [3.8, 4) is 5.75 Å². The van der Waals surface area contributed by atoms with Gasteiger partial charge in [-0.05, 0) is 44.0 Å². The lowest BCUT2D eigenvalue weighted by Gasteiger charge is -2.30. The summed E-state index contributed by atoms with van der Waals surface area (Å²) in [5, 5.41) is 2.52. The Morgan fingerprint density at radius 2 is 1.78 bits per heavy atom. The van der Waals surface area contributed by atoms with Gasteiger partial charge in [-0.2, -0.15) is 8.78 Å². The predicted molar refractivity (Wildman–Crippen MR) is 91.1 cm³/mol. The zero-order valence-electron chi connectivity index (χ0n) is 14.7. The number of urea groups is 1. The highest BCUT2D eigenvalue weighted by Gasteiger charge is 2.29. The van der Waals surface area contributed by atoms with Gasteiger partial charge in [0.1, 0.15) is 5.75 Å². The van der Waals surface area contributed by atoms with Crippen LogP contribution in [0.2, 0.25) is 0 Å². The SMILES string of the molecule is C[C@@H](OC(=O)C1CCN(C(N)=O)CC1)C(=O)Nc1ccc(OC(F)F)cc1. The summed E-state index contributed by atoms with van der Waals surface area (Å²) in [7, 11) is 0. The largest absolute Gasteiger partial charge is 0.452 e. The molecule has 0 aromatic heterocycles. The summed E-state index contributed by atoms with van der Waals surface area (Å²) in [4.78, 5) is 36.8. The van der Waals surface area contributed by atoms with Crippen LogP contribution in [0, 0.1) is 5.92 Å². The second-order valence-corrected chi connectivity index (χ2v) is 6.07. The summed E-state index contributed by atoms with van der Waals surface area (Å²) in [6, 6.07) is 4.82. The molecule has 3 amide bonds. The molecule has 148 valence electrons. The van der Waals surface area contributed by atoms with Crippen LogP contribution in [0.5, 0.6) is 5.75 Å². The molecule has 27 heavy (non-hydrogen) atoms. The van der Waals surface area contributed by atoms with Crippen LogP contribution in [0.3, 0.4) is 0 Å². The van der Waals surface area contributed by atoms with E-state index in [1.807, 2.05) is 0 Å². The van der Waals surface area contributed by atoms with E-state index in [9.17, 15) is 23.2 Å². The summed E-state index contributed by atoms with van der Waals surface area (Å²) in [5.74, 6) is -1.51. The molecule has 1 aromatic carbocycles. The lowest BCUT2D eigenvalue weighted by Crippen LogP contribution is -2.44. The molecule has 0 aliphatic carbocycles. The molecule has 1 aliphatic rings. The minimum absolute atomic E-state index is 0.0372. The monoisotopic (exact) mass is 385 g/mol. The van der Waals surface area contributed by atoms with Crippen molar-refractivity contribution >= 4 is 23.6 Å². The van der Waals surface area contributed by atoms with E-state index >= 15 is 0 Å². The summed E-state index contributed by atoms with van der Waals surface area (Å²) >= 11 is 0. The van der Waals surface area contributed by atoms with Crippen molar-refractivity contribution in [1.29, 1.82) is 0 Å². The lowest BCUT2D eigenvalue weighted by atomic mass is 9.97. The first-order chi connectivity index (χ1) is 12.8. The third-order valence-corrected chi connectivity index (χ3v) is 4.15. The fourth-order valence-corrected chi connectivity index (χ4v) is 2.62. The van der Waals surface area contributed by atoms with Crippen molar-refractivity contribution in [2.45, 2.75) is 32.5 Å². The number of halogens is 2. The molecule has 8 nitrogen and oxygen atoms in total. The number of alkyl halides is 2. The minimum Gasteiger partial charge on any atom is -0.452 e. The fraction of sp³-hybridized carbons (Fsp3) is 0.471. The normalized spacial score (nSPS) is 15.9. The number of rotatable bonds is 6. The highest BCUT2D eigenvalue weighted by atomic mass is 19.3. The van der Waals surface area contributed by atoms with Crippen LogP contribution in [-0.4, -0.2) is 48.6 Å². The Balaban J connectivity index is 1.81. The zero-order chi connectivity index (χ0) is 20.0. The smallest absolute Gasteiger partial charge is 0.387 e. The van der Waals surface area contributed by atoms with E-state index in [1.165, 1.54) is 36.1 Å². The summed E-state index contributed by atoms with van der Waals surface area (Å²) in [6.45, 7) is -0.773. The van der Waals surface area contributed by atoms with Crippen molar-refractivity contribution in [3.63, 3.8) is 0 Å². The number of likely N-dealkylation sites (tertiary alicyclic amines) is 1. The van der Waals surface area contributed by atoms with Gasteiger partial charge in [0.05, 0.1) is 5.92 Å². The molecule has 1 aliphatic heterocycles. The van der Waals surface area contributed by atoms with Gasteiger partial charge >= 0.3 is 18.6 Å². The van der Waals surface area contributed by atoms with Crippen LogP contribution < -0.4 is 15.8 Å². The first kappa shape index (κ1) is 20.4. The number of ether oxygens (including phenoxy) is 2. The maximum atomic E-state index is 12.2. The molecule has 1 heterocycles. The van der Waals surface area contributed by atoms with E-state index < -0.39 is 36.5 Å². The Morgan fingerprint density at radius 1 is 1.19 bits per heavy atom. The summed E-state index contributed by atoms with van der Waals surface area (Å²) in [6.07, 6.45) is -0.202. The number of carbonyl (C=O) groups is 3. The number of amides is 3. The zero-order valence-corrected chi connectivity index (χ0v) is 14.7. The maximum Gasteiger partial charge on any atom is 0.387 e. The van der Waals surface area contributed by atoms with Crippen molar-refractivity contribution in [2.24, 2.45) is 11.7 Å². The van der Waals surface area contributed by atoms with Crippen LogP contribution in [-0.2, 0) is 14.3 Å². The number of benzene rings is 1. The van der Waals surface area contributed by atoms with Crippen LogP contribution in [0.15, 0.2) is 24.3 Å². The quantitative estimate of drug-likeness (QED) is 0.727. The topological polar surface area (TPSA) is 111 Å². The third-order valence-electron chi connectivity index (χ3n) is 4.15. The number of nitrogens with one attached hydrogen (secondary N) is 1. The van der Waals surface area contributed by atoms with Gasteiger partial charge in [-0.15, -0.1) is 0 Å².